The number of para-hydroxylation sites is 1. The van der Waals surface area contributed by atoms with E-state index in [0.717, 1.165) is 29.7 Å². The molecule has 0 aromatic heterocycles. The molecule has 3 rings (SSSR count). The van der Waals surface area contributed by atoms with Gasteiger partial charge >= 0.3 is 0 Å². The Labute approximate surface area is 185 Å². The molecule has 0 aliphatic carbocycles. The van der Waals surface area contributed by atoms with E-state index in [2.05, 4.69) is 11.4 Å². The summed E-state index contributed by atoms with van der Waals surface area (Å²) < 4.78 is 32.8. The molecule has 0 atom stereocenters. The Morgan fingerprint density at radius 1 is 1.10 bits per heavy atom. The summed E-state index contributed by atoms with van der Waals surface area (Å²) in [6.45, 7) is 5.87. The molecule has 1 N–H and O–H groups in total. The first-order valence-electron chi connectivity index (χ1n) is 11.0. The number of nitrogens with zero attached hydrogens (tertiary/aromatic N) is 1. The number of carbonyl (C=O) groups is 1. The Morgan fingerprint density at radius 2 is 1.77 bits per heavy atom. The second-order valence-electron chi connectivity index (χ2n) is 7.93. The molecule has 7 heteroatoms. The van der Waals surface area contributed by atoms with Crippen LogP contribution in [0.15, 0.2) is 53.4 Å². The van der Waals surface area contributed by atoms with Crippen LogP contribution in [0.3, 0.4) is 0 Å². The van der Waals surface area contributed by atoms with Crippen LogP contribution in [0.25, 0.3) is 0 Å². The molecule has 2 aromatic rings. The Bertz CT molecular complexity index is 965. The van der Waals surface area contributed by atoms with Crippen molar-refractivity contribution in [3.8, 4) is 5.75 Å². The van der Waals surface area contributed by atoms with E-state index >= 15 is 0 Å². The predicted molar refractivity (Wildman–Crippen MR) is 122 cm³/mol. The summed E-state index contributed by atoms with van der Waals surface area (Å²) in [6, 6.07) is 14.9. The minimum atomic E-state index is -3.50. The van der Waals surface area contributed by atoms with Crippen LogP contribution < -0.4 is 10.1 Å². The number of hydrogen-bond acceptors (Lipinski definition) is 4. The Balaban J connectivity index is 1.44. The van der Waals surface area contributed by atoms with Crippen LogP contribution in [0.1, 0.15) is 37.3 Å². The number of rotatable bonds is 9. The van der Waals surface area contributed by atoms with Gasteiger partial charge in [-0.3, -0.25) is 4.79 Å². The first-order valence-corrected chi connectivity index (χ1v) is 12.4. The summed E-state index contributed by atoms with van der Waals surface area (Å²) in [4.78, 5) is 12.9. The van der Waals surface area contributed by atoms with E-state index in [9.17, 15) is 13.2 Å². The fourth-order valence-corrected chi connectivity index (χ4v) is 5.33. The molecule has 1 heterocycles. The Hall–Kier alpha value is -2.38. The Kier molecular flexibility index (Phi) is 8.09. The number of sulfonamides is 1. The maximum absolute atomic E-state index is 12.8. The Morgan fingerprint density at radius 3 is 2.45 bits per heavy atom. The van der Waals surface area contributed by atoms with Crippen molar-refractivity contribution in [3.05, 3.63) is 59.7 Å². The average molecular weight is 445 g/mol. The van der Waals surface area contributed by atoms with E-state index < -0.39 is 10.0 Å². The lowest BCUT2D eigenvalue weighted by Gasteiger charge is -2.30. The van der Waals surface area contributed by atoms with Crippen LogP contribution in [0.2, 0.25) is 0 Å². The van der Waals surface area contributed by atoms with Crippen LogP contribution in [0.5, 0.6) is 5.75 Å². The van der Waals surface area contributed by atoms with Gasteiger partial charge in [0, 0.05) is 25.6 Å². The third-order valence-corrected chi connectivity index (χ3v) is 7.59. The van der Waals surface area contributed by atoms with E-state index in [4.69, 9.17) is 4.74 Å². The molecule has 1 aliphatic heterocycles. The minimum absolute atomic E-state index is 0.0190. The van der Waals surface area contributed by atoms with Crippen molar-refractivity contribution < 1.29 is 17.9 Å². The summed E-state index contributed by atoms with van der Waals surface area (Å²) in [5, 5.41) is 3.02. The van der Waals surface area contributed by atoms with Gasteiger partial charge < -0.3 is 10.1 Å². The lowest BCUT2D eigenvalue weighted by Crippen LogP contribution is -2.43. The number of amides is 1. The first kappa shape index (κ1) is 23.3. The smallest absolute Gasteiger partial charge is 0.243 e. The molecule has 0 saturated carbocycles. The maximum Gasteiger partial charge on any atom is 0.243 e. The zero-order chi connectivity index (χ0) is 22.3. The molecule has 6 nitrogen and oxygen atoms in total. The first-order chi connectivity index (χ1) is 14.9. The van der Waals surface area contributed by atoms with Crippen LogP contribution in [0.4, 0.5) is 0 Å². The van der Waals surface area contributed by atoms with E-state index in [1.54, 1.807) is 24.3 Å². The van der Waals surface area contributed by atoms with E-state index in [1.165, 1.54) is 4.31 Å². The lowest BCUT2D eigenvalue weighted by molar-refractivity contribution is -0.126. The molecule has 0 unspecified atom stereocenters. The topological polar surface area (TPSA) is 75.7 Å². The van der Waals surface area contributed by atoms with Crippen LogP contribution in [-0.4, -0.2) is 44.9 Å². The fraction of sp³-hybridized carbons (Fsp3) is 0.458. The van der Waals surface area contributed by atoms with Gasteiger partial charge in [-0.15, -0.1) is 0 Å². The highest BCUT2D eigenvalue weighted by atomic mass is 32.2. The van der Waals surface area contributed by atoms with Crippen LogP contribution in [0, 0.1) is 12.8 Å². The highest BCUT2D eigenvalue weighted by Crippen LogP contribution is 2.24. The SMILES string of the molecule is CCOc1ccccc1CCCNC(=O)C1CCN(S(=O)(=O)c2ccc(C)cc2)CC1. The zero-order valence-electron chi connectivity index (χ0n) is 18.3. The highest BCUT2D eigenvalue weighted by Gasteiger charge is 2.31. The van der Waals surface area contributed by atoms with Gasteiger partial charge in [0.1, 0.15) is 5.75 Å². The molecule has 1 aliphatic rings. The van der Waals surface area contributed by atoms with Gasteiger partial charge in [0.25, 0.3) is 0 Å². The molecular weight excluding hydrogens is 412 g/mol. The maximum atomic E-state index is 12.8. The summed E-state index contributed by atoms with van der Waals surface area (Å²) >= 11 is 0. The second-order valence-corrected chi connectivity index (χ2v) is 9.86. The number of benzene rings is 2. The van der Waals surface area contributed by atoms with Crippen LogP contribution >= 0.6 is 0 Å². The molecule has 31 heavy (non-hydrogen) atoms. The van der Waals surface area contributed by atoms with Gasteiger partial charge in [-0.25, -0.2) is 8.42 Å². The van der Waals surface area contributed by atoms with E-state index in [-0.39, 0.29) is 11.8 Å². The van der Waals surface area contributed by atoms with Gasteiger partial charge in [0.15, 0.2) is 0 Å². The average Bonchev–Trinajstić information content (AvgIpc) is 2.78. The predicted octanol–water partition coefficient (Wildman–Crippen LogP) is 3.54. The highest BCUT2D eigenvalue weighted by molar-refractivity contribution is 7.89. The number of aryl methyl sites for hydroxylation is 2. The molecule has 1 saturated heterocycles. The number of ether oxygens (including phenoxy) is 1. The molecular formula is C24H32N2O4S. The number of nitrogens with one attached hydrogen (secondary N) is 1. The summed E-state index contributed by atoms with van der Waals surface area (Å²) in [5.41, 5.74) is 2.17. The molecule has 1 fully saturated rings. The normalized spacial score (nSPS) is 15.5. The van der Waals surface area contributed by atoms with Crippen molar-refractivity contribution in [3.63, 3.8) is 0 Å². The van der Waals surface area contributed by atoms with Crippen molar-refractivity contribution in [2.75, 3.05) is 26.2 Å². The van der Waals surface area contributed by atoms with Gasteiger partial charge in [-0.2, -0.15) is 4.31 Å². The van der Waals surface area contributed by atoms with Crippen molar-refractivity contribution in [2.45, 2.75) is 44.4 Å². The molecule has 0 spiro atoms. The number of piperidine rings is 1. The largest absolute Gasteiger partial charge is 0.494 e. The zero-order valence-corrected chi connectivity index (χ0v) is 19.2. The van der Waals surface area contributed by atoms with E-state index in [1.807, 2.05) is 32.0 Å². The van der Waals surface area contributed by atoms with Crippen molar-refractivity contribution in [1.82, 2.24) is 9.62 Å². The van der Waals surface area contributed by atoms with Gasteiger partial charge in [0.05, 0.1) is 11.5 Å². The number of hydrogen-bond donors (Lipinski definition) is 1. The van der Waals surface area contributed by atoms with Gasteiger partial charge in [-0.05, 0) is 63.3 Å². The fourth-order valence-electron chi connectivity index (χ4n) is 3.86. The van der Waals surface area contributed by atoms with Gasteiger partial charge in [0.2, 0.25) is 15.9 Å². The van der Waals surface area contributed by atoms with Gasteiger partial charge in [-0.1, -0.05) is 35.9 Å². The lowest BCUT2D eigenvalue weighted by atomic mass is 9.97. The van der Waals surface area contributed by atoms with E-state index in [0.29, 0.717) is 44.0 Å². The molecule has 2 aromatic carbocycles. The van der Waals surface area contributed by atoms with Crippen LogP contribution in [-0.2, 0) is 21.2 Å². The van der Waals surface area contributed by atoms with Crippen molar-refractivity contribution in [2.24, 2.45) is 5.92 Å². The third-order valence-electron chi connectivity index (χ3n) is 5.68. The summed E-state index contributed by atoms with van der Waals surface area (Å²) in [5.74, 6) is 0.782. The summed E-state index contributed by atoms with van der Waals surface area (Å²) in [7, 11) is -3.50. The standard InChI is InChI=1S/C24H32N2O4S/c1-3-30-23-9-5-4-7-20(23)8-6-16-25-24(27)21-14-17-26(18-15-21)31(28,29)22-12-10-19(2)11-13-22/h4-5,7,9-13,21H,3,6,8,14-18H2,1-2H3,(H,25,27). The molecule has 0 bridgehead atoms. The summed E-state index contributed by atoms with van der Waals surface area (Å²) in [6.07, 6.45) is 2.76. The molecule has 1 amide bonds. The van der Waals surface area contributed by atoms with Crippen molar-refractivity contribution >= 4 is 15.9 Å². The number of carbonyl (C=O) groups excluding carboxylic acids is 1. The second kappa shape index (κ2) is 10.8. The monoisotopic (exact) mass is 444 g/mol. The molecule has 0 radical (unpaired) electrons. The van der Waals surface area contributed by atoms with Crippen molar-refractivity contribution in [1.29, 1.82) is 0 Å². The molecule has 168 valence electrons. The third kappa shape index (κ3) is 6.08. The minimum Gasteiger partial charge on any atom is -0.494 e. The quantitative estimate of drug-likeness (QED) is 0.600.